The molecule has 0 unspecified atom stereocenters. The van der Waals surface area contributed by atoms with Crippen LogP contribution in [0.3, 0.4) is 0 Å². The first-order valence-electron chi connectivity index (χ1n) is 20.9. The Labute approximate surface area is 347 Å². The summed E-state index contributed by atoms with van der Waals surface area (Å²) >= 11 is 0. The number of aliphatic hydroxyl groups is 2. The molecule has 0 aromatic rings. The van der Waals surface area contributed by atoms with Gasteiger partial charge >= 0.3 is 5.97 Å². The predicted octanol–water partition coefficient (Wildman–Crippen LogP) is 7.18. The number of carbonyl (C=O) groups is 2. The second kappa shape index (κ2) is 23.8. The van der Waals surface area contributed by atoms with Gasteiger partial charge in [0.2, 0.25) is 5.79 Å². The van der Waals surface area contributed by atoms with Crippen molar-refractivity contribution in [2.45, 2.75) is 186 Å². The molecule has 0 radical (unpaired) electrons. The second-order valence-corrected chi connectivity index (χ2v) is 27.3. The zero-order valence-corrected chi connectivity index (χ0v) is 40.7. The maximum absolute atomic E-state index is 13.5. The van der Waals surface area contributed by atoms with Crippen LogP contribution in [0.25, 0.3) is 0 Å². The van der Waals surface area contributed by atoms with E-state index in [-0.39, 0.29) is 42.8 Å². The van der Waals surface area contributed by atoms with Crippen LogP contribution in [0.1, 0.15) is 101 Å². The summed E-state index contributed by atoms with van der Waals surface area (Å²) in [5.74, 6) is -2.37. The first-order valence-corrected chi connectivity index (χ1v) is 26.3. The Kier molecular flexibility index (Phi) is 22.5. The highest BCUT2D eigenvalue weighted by atomic mass is 28.4. The molecule has 1 saturated heterocycles. The monoisotopic (exact) mass is 851 g/mol. The average molecular weight is 851 g/mol. The van der Waals surface area contributed by atoms with E-state index in [4.69, 9.17) is 42.0 Å². The Balaban J connectivity index is 3.55. The van der Waals surface area contributed by atoms with Crippen molar-refractivity contribution in [2.24, 2.45) is 11.3 Å². The molecule has 0 aromatic carbocycles. The van der Waals surface area contributed by atoms with Crippen LogP contribution in [-0.2, 0) is 51.6 Å². The smallest absolute Gasteiger partial charge is 0.337 e. The Morgan fingerprint density at radius 2 is 1.56 bits per heavy atom. The maximum atomic E-state index is 13.5. The number of hydrogen-bond acceptors (Lipinski definition) is 13. The summed E-state index contributed by atoms with van der Waals surface area (Å²) in [6.07, 6.45) is -3.24. The molecule has 1 rings (SSSR count). The summed E-state index contributed by atoms with van der Waals surface area (Å²) < 4.78 is 54.8. The van der Waals surface area contributed by atoms with Gasteiger partial charge in [0, 0.05) is 66.1 Å². The van der Waals surface area contributed by atoms with E-state index in [1.807, 2.05) is 19.9 Å². The van der Waals surface area contributed by atoms with E-state index >= 15 is 0 Å². The van der Waals surface area contributed by atoms with E-state index in [1.54, 1.807) is 14.0 Å². The van der Waals surface area contributed by atoms with Crippen LogP contribution in [-0.4, -0.2) is 136 Å². The van der Waals surface area contributed by atoms with Crippen LogP contribution in [0, 0.1) is 11.3 Å². The maximum Gasteiger partial charge on any atom is 0.337 e. The largest absolute Gasteiger partial charge is 0.467 e. The number of esters is 1. The lowest BCUT2D eigenvalue weighted by atomic mass is 9.70. The second-order valence-electron chi connectivity index (χ2n) is 17.8. The highest BCUT2D eigenvalue weighted by molar-refractivity contribution is 6.74. The van der Waals surface area contributed by atoms with Gasteiger partial charge in [-0.2, -0.15) is 0 Å². The molecule has 0 spiro atoms. The molecule has 0 amide bonds. The molecule has 1 aliphatic heterocycles. The summed E-state index contributed by atoms with van der Waals surface area (Å²) in [4.78, 5) is 26.3. The summed E-state index contributed by atoms with van der Waals surface area (Å²) in [5.41, 5.74) is -0.679. The minimum Gasteiger partial charge on any atom is -0.467 e. The summed E-state index contributed by atoms with van der Waals surface area (Å²) in [6.45, 7) is 25.3. The molecule has 13 nitrogen and oxygen atoms in total. The molecular weight excluding hydrogens is 769 g/mol. The fourth-order valence-corrected chi connectivity index (χ4v) is 11.3. The third-order valence-corrected chi connectivity index (χ3v) is 22.1. The highest BCUT2D eigenvalue weighted by Gasteiger charge is 2.64. The van der Waals surface area contributed by atoms with Gasteiger partial charge in [0.15, 0.2) is 28.5 Å². The van der Waals surface area contributed by atoms with Gasteiger partial charge in [-0.3, -0.25) is 4.79 Å². The van der Waals surface area contributed by atoms with Crippen molar-refractivity contribution in [3.63, 3.8) is 0 Å². The summed E-state index contributed by atoms with van der Waals surface area (Å²) in [6, 6.07) is 2.53. The van der Waals surface area contributed by atoms with E-state index in [0.29, 0.717) is 18.6 Å². The highest BCUT2D eigenvalue weighted by Crippen LogP contribution is 2.50. The van der Waals surface area contributed by atoms with Crippen LogP contribution < -0.4 is 0 Å². The van der Waals surface area contributed by atoms with E-state index in [1.165, 1.54) is 28.4 Å². The first kappa shape index (κ1) is 53.9. The molecular formula is C42H82O13Si2. The predicted molar refractivity (Wildman–Crippen MR) is 227 cm³/mol. The van der Waals surface area contributed by atoms with Gasteiger partial charge in [-0.25, -0.2) is 4.79 Å². The molecule has 15 heteroatoms. The zero-order valence-electron chi connectivity index (χ0n) is 38.7. The number of Topliss-reactive ketones (excluding diaryl/α,β-unsaturated/α-hetero) is 1. The molecule has 1 heterocycles. The van der Waals surface area contributed by atoms with Crippen LogP contribution in [0.15, 0.2) is 11.6 Å². The fraction of sp³-hybridized carbons (Fsp3) is 0.905. The topological polar surface area (TPSA) is 158 Å². The number of allylic oxidation sites excluding steroid dienone is 1. The number of methoxy groups -OCH3 is 5. The third-order valence-electron chi connectivity index (χ3n) is 13.0. The van der Waals surface area contributed by atoms with E-state index < -0.39 is 76.5 Å². The van der Waals surface area contributed by atoms with Crippen molar-refractivity contribution in [1.29, 1.82) is 0 Å². The van der Waals surface area contributed by atoms with Gasteiger partial charge < -0.3 is 52.2 Å². The minimum atomic E-state index is -2.35. The molecule has 0 bridgehead atoms. The lowest BCUT2D eigenvalue weighted by Crippen LogP contribution is -2.71. The van der Waals surface area contributed by atoms with Crippen LogP contribution in [0.2, 0.25) is 36.3 Å². The number of ketones is 1. The van der Waals surface area contributed by atoms with Gasteiger partial charge in [0.1, 0.15) is 12.9 Å². The molecule has 57 heavy (non-hydrogen) atoms. The molecule has 0 aliphatic carbocycles. The van der Waals surface area contributed by atoms with Gasteiger partial charge in [-0.05, 0) is 61.1 Å². The lowest BCUT2D eigenvalue weighted by Gasteiger charge is -2.58. The zero-order chi connectivity index (χ0) is 44.0. The molecule has 336 valence electrons. The number of ether oxygens (including phenoxy) is 7. The van der Waals surface area contributed by atoms with Crippen LogP contribution in [0.5, 0.6) is 0 Å². The van der Waals surface area contributed by atoms with Crippen LogP contribution >= 0.6 is 0 Å². The normalized spacial score (nSPS) is 24.1. The molecule has 0 saturated carbocycles. The summed E-state index contributed by atoms with van der Waals surface area (Å²) in [5, 5.41) is 23.6. The summed E-state index contributed by atoms with van der Waals surface area (Å²) in [7, 11) is 3.02. The van der Waals surface area contributed by atoms with Crippen molar-refractivity contribution >= 4 is 28.4 Å². The van der Waals surface area contributed by atoms with Crippen molar-refractivity contribution in [2.75, 3.05) is 48.9 Å². The molecule has 1 aliphatic rings. The van der Waals surface area contributed by atoms with E-state index in [9.17, 15) is 19.8 Å². The Bertz CT molecular complexity index is 1230. The standard InChI is InChI=1S/C42H82O13Si2/c1-18-30(27-53-56(16,17)40(6,7)8)22-29(5)33(44)23-31(43)24-36(45)41(9,10)42(51-15)38(55-57(19-2,20-3)21-4)35(49-13)26-32(54-42)25-34(48-12)37(39(46)50-14)52-28-47-11/h22,30-32,34-38,43,45H,18-21,23-28H2,1-17H3/b29-22-/t30-,31+,32+,34-,35-,36+,37+,38-,42+/m0/s1. The minimum absolute atomic E-state index is 0.0607. The number of carbonyl (C=O) groups excluding carboxylic acids is 2. The van der Waals surface area contributed by atoms with Crippen molar-refractivity contribution in [1.82, 2.24) is 0 Å². The van der Waals surface area contributed by atoms with Gasteiger partial charge in [-0.1, -0.05) is 68.4 Å². The fourth-order valence-electron chi connectivity index (χ4n) is 7.42. The van der Waals surface area contributed by atoms with Gasteiger partial charge in [0.25, 0.3) is 0 Å². The number of aliphatic hydroxyl groups excluding tert-OH is 2. The first-order chi connectivity index (χ1) is 26.5. The van der Waals surface area contributed by atoms with Gasteiger partial charge in [0.05, 0.1) is 37.6 Å². The van der Waals surface area contributed by atoms with E-state index in [0.717, 1.165) is 24.6 Å². The Morgan fingerprint density at radius 1 is 0.965 bits per heavy atom. The van der Waals surface area contributed by atoms with Crippen LogP contribution in [0.4, 0.5) is 0 Å². The molecule has 2 N–H and O–H groups in total. The molecule has 0 aromatic heterocycles. The number of rotatable bonds is 27. The van der Waals surface area contributed by atoms with E-state index in [2.05, 4.69) is 61.6 Å². The Morgan fingerprint density at radius 3 is 2.02 bits per heavy atom. The SMILES string of the molecule is CC[C@@H](/C=C(/C)C(=O)C[C@@H](O)C[C@@H](O)C(C)(C)[C@]1(OC)O[C@H](C[C@H](OC)[C@@H](OCOC)C(=O)OC)C[C@H](OC)[C@@H]1O[Si](CC)(CC)CC)CO[Si](C)(C)C(C)(C)C. The molecule has 9 atom stereocenters. The van der Waals surface area contributed by atoms with Gasteiger partial charge in [-0.15, -0.1) is 0 Å². The quantitative estimate of drug-likeness (QED) is 0.0371. The Hall–Kier alpha value is -1.09. The average Bonchev–Trinajstić information content (AvgIpc) is 3.17. The lowest BCUT2D eigenvalue weighted by molar-refractivity contribution is -0.384. The molecule has 1 fully saturated rings. The van der Waals surface area contributed by atoms with Crippen molar-refractivity contribution in [3.8, 4) is 0 Å². The number of hydrogen-bond donors (Lipinski definition) is 2. The van der Waals surface area contributed by atoms with Crippen molar-refractivity contribution in [3.05, 3.63) is 11.6 Å². The third kappa shape index (κ3) is 14.0. The van der Waals surface area contributed by atoms with Crippen molar-refractivity contribution < 1.29 is 61.8 Å².